The number of rotatable bonds is 10. The number of ether oxygens (including phenoxy) is 2. The molecule has 7 aliphatic rings. The van der Waals surface area contributed by atoms with Gasteiger partial charge in [-0.3, -0.25) is 39.0 Å². The van der Waals surface area contributed by atoms with Crippen LogP contribution in [0.2, 0.25) is 0 Å². The number of amides is 3. The maximum atomic E-state index is 15.1. The highest BCUT2D eigenvalue weighted by Crippen LogP contribution is 2.46. The number of alkyl halides is 3. The summed E-state index contributed by atoms with van der Waals surface area (Å²) in [5, 5.41) is 7.79. The minimum Gasteiger partial charge on any atom is -0.464 e. The summed E-state index contributed by atoms with van der Waals surface area (Å²) in [6, 6.07) is 7.12. The van der Waals surface area contributed by atoms with Gasteiger partial charge in [-0.15, -0.1) is 11.3 Å². The Balaban J connectivity index is 0.925. The lowest BCUT2D eigenvalue weighted by Crippen LogP contribution is -2.62. The van der Waals surface area contributed by atoms with Crippen molar-refractivity contribution in [3.05, 3.63) is 58.2 Å². The van der Waals surface area contributed by atoms with Crippen LogP contribution in [0.25, 0.3) is 33.4 Å². The number of benzene rings is 1. The molecule has 6 fully saturated rings. The SMILES string of the molecule is CO[C@@H](C)c1ncccc1-c1c2c3cc(ccc3n1CC(F)(F)F)-c1csc(n1)C[C@H](NC(=O)C(C1CCCC1)N1CC[C@]3(CCN(C(=O)[C@H]4CN4C4CC4)C3)C1)C(=O)N1CCC[C@H](N1)C(=O)OCC(C)(C)C2. The molecule has 19 heteroatoms. The van der Waals surface area contributed by atoms with Gasteiger partial charge in [-0.05, 0) is 107 Å². The van der Waals surface area contributed by atoms with Crippen LogP contribution in [0.1, 0.15) is 107 Å². The Bertz CT molecular complexity index is 2770. The van der Waals surface area contributed by atoms with Crippen molar-refractivity contribution in [2.24, 2.45) is 16.7 Å². The Morgan fingerprint density at radius 1 is 1.03 bits per heavy atom. The molecule has 73 heavy (non-hydrogen) atoms. The number of halogens is 3. The van der Waals surface area contributed by atoms with Gasteiger partial charge in [0.25, 0.3) is 5.91 Å². The van der Waals surface area contributed by atoms with E-state index in [1.165, 1.54) is 40.9 Å². The van der Waals surface area contributed by atoms with Gasteiger partial charge >= 0.3 is 12.1 Å². The van der Waals surface area contributed by atoms with Crippen LogP contribution in [0.15, 0.2) is 41.9 Å². The Hall–Kier alpha value is -4.95. The van der Waals surface area contributed by atoms with Crippen LogP contribution in [0.3, 0.4) is 0 Å². The molecule has 2 saturated carbocycles. The van der Waals surface area contributed by atoms with Crippen molar-refractivity contribution in [3.63, 3.8) is 0 Å². The van der Waals surface area contributed by atoms with Crippen LogP contribution >= 0.6 is 11.3 Å². The standard InChI is InChI=1S/C54H68F3N9O6S/c1-32(71-4)45-36(11-7-19-58-45)47-38-25-52(2,3)31-72-51(70)39-12-8-20-66(61-39)49(68)40(24-44-59-41(27-73-44)34-13-16-42(37(38)23-34)65(47)30-54(55,56)57)60-48(67)46(33-9-5-6-10-33)62-21-17-53(28-62)18-22-63(29-53)50(69)43-26-64(43)35-14-15-35/h7,11,13,16,19,23,27,32-33,35,39-40,43,46,61H,5-6,8-10,12,14-15,17-18,20-22,24-26,28-31H2,1-4H3,(H,60,67)/t32-,39-,40-,43+,46?,53-,64?/m0/s1. The predicted octanol–water partition coefficient (Wildman–Crippen LogP) is 7.07. The third-order valence-corrected chi connectivity index (χ3v) is 17.7. The number of likely N-dealkylation sites (tertiary alicyclic amines) is 2. The summed E-state index contributed by atoms with van der Waals surface area (Å²) in [6.45, 7) is 8.43. The fourth-order valence-corrected chi connectivity index (χ4v) is 13.7. The number of hydrazine groups is 1. The molecule has 6 bridgehead atoms. The summed E-state index contributed by atoms with van der Waals surface area (Å²) in [6.07, 6.45) is 5.82. The van der Waals surface area contributed by atoms with E-state index in [1.54, 1.807) is 30.5 Å². The number of hydrogen-bond acceptors (Lipinski definition) is 12. The number of fused-ring (bicyclic) bond motifs is 6. The smallest absolute Gasteiger partial charge is 0.406 e. The van der Waals surface area contributed by atoms with Crippen LogP contribution in [0, 0.1) is 16.7 Å². The molecule has 1 aromatic carbocycles. The number of aromatic nitrogens is 3. The van der Waals surface area contributed by atoms with Crippen LogP contribution in [0.5, 0.6) is 0 Å². The van der Waals surface area contributed by atoms with Crippen LogP contribution in [0.4, 0.5) is 13.2 Å². The highest BCUT2D eigenvalue weighted by molar-refractivity contribution is 7.10. The second kappa shape index (κ2) is 19.6. The zero-order chi connectivity index (χ0) is 51.0. The van der Waals surface area contributed by atoms with Gasteiger partial charge in [-0.25, -0.2) is 10.4 Å². The summed E-state index contributed by atoms with van der Waals surface area (Å²) < 4.78 is 57.3. The summed E-state index contributed by atoms with van der Waals surface area (Å²) in [7, 11) is 1.54. The van der Waals surface area contributed by atoms with Gasteiger partial charge in [0, 0.05) is 96.7 Å². The summed E-state index contributed by atoms with van der Waals surface area (Å²) in [5.41, 5.74) is 5.96. The molecule has 1 spiro atoms. The van der Waals surface area contributed by atoms with Crippen molar-refractivity contribution in [1.82, 2.24) is 45.0 Å². The molecular weight excluding hydrogens is 960 g/mol. The maximum absolute atomic E-state index is 15.1. The summed E-state index contributed by atoms with van der Waals surface area (Å²) in [4.78, 5) is 74.0. The first kappa shape index (κ1) is 50.2. The Labute approximate surface area is 428 Å². The van der Waals surface area contributed by atoms with Crippen molar-refractivity contribution in [2.75, 3.05) is 53.0 Å². The van der Waals surface area contributed by atoms with E-state index in [1.807, 2.05) is 32.2 Å². The third kappa shape index (κ3) is 10.3. The van der Waals surface area contributed by atoms with E-state index >= 15 is 4.79 Å². The molecular formula is C54H68F3N9O6S. The molecule has 4 saturated heterocycles. The first-order valence-corrected chi connectivity index (χ1v) is 27.3. The third-order valence-electron chi connectivity index (χ3n) is 16.9. The maximum Gasteiger partial charge on any atom is 0.406 e. The van der Waals surface area contributed by atoms with Crippen LogP contribution in [-0.4, -0.2) is 147 Å². The van der Waals surface area contributed by atoms with E-state index in [9.17, 15) is 27.6 Å². The van der Waals surface area contributed by atoms with Crippen LogP contribution < -0.4 is 10.7 Å². The summed E-state index contributed by atoms with van der Waals surface area (Å²) in [5.74, 6) is -0.755. The number of carbonyl (C=O) groups is 4. The number of methoxy groups -OCH3 is 1. The zero-order valence-corrected chi connectivity index (χ0v) is 43.2. The van der Waals surface area contributed by atoms with Gasteiger partial charge in [-0.1, -0.05) is 32.8 Å². The molecule has 3 amide bonds. The largest absolute Gasteiger partial charge is 0.464 e. The average Bonchev–Trinajstić information content (AvgIpc) is 4.04. The zero-order valence-electron chi connectivity index (χ0n) is 42.3. The molecule has 2 aliphatic carbocycles. The fourth-order valence-electron chi connectivity index (χ4n) is 12.8. The lowest BCUT2D eigenvalue weighted by Gasteiger charge is -2.37. The molecule has 7 atom stereocenters. The van der Waals surface area contributed by atoms with E-state index in [-0.39, 0.29) is 54.5 Å². The number of esters is 1. The molecule has 2 N–H and O–H groups in total. The molecule has 11 rings (SSSR count). The van der Waals surface area contributed by atoms with Gasteiger partial charge in [0.15, 0.2) is 0 Å². The number of carbonyl (C=O) groups excluding carboxylic acids is 4. The lowest BCUT2D eigenvalue weighted by molar-refractivity contribution is -0.155. The van der Waals surface area contributed by atoms with Crippen molar-refractivity contribution in [1.29, 1.82) is 0 Å². The van der Waals surface area contributed by atoms with E-state index in [0.29, 0.717) is 88.2 Å². The van der Waals surface area contributed by atoms with Gasteiger partial charge in [0.1, 0.15) is 24.7 Å². The van der Waals surface area contributed by atoms with Gasteiger partial charge in [0.2, 0.25) is 11.8 Å². The summed E-state index contributed by atoms with van der Waals surface area (Å²) >= 11 is 1.36. The molecule has 4 aromatic rings. The highest BCUT2D eigenvalue weighted by Gasteiger charge is 2.54. The van der Waals surface area contributed by atoms with E-state index < -0.39 is 48.3 Å². The topological polar surface area (TPSA) is 154 Å². The van der Waals surface area contributed by atoms with Gasteiger partial charge in [0.05, 0.1) is 40.8 Å². The molecule has 3 aromatic heterocycles. The van der Waals surface area contributed by atoms with E-state index in [0.717, 1.165) is 58.2 Å². The monoisotopic (exact) mass is 1030 g/mol. The number of cyclic esters (lactones) is 1. The lowest BCUT2D eigenvalue weighted by atomic mass is 9.84. The number of hydrogen-bond donors (Lipinski definition) is 2. The quantitative estimate of drug-likeness (QED) is 0.124. The Kier molecular flexibility index (Phi) is 13.5. The normalized spacial score (nSPS) is 27.9. The Morgan fingerprint density at radius 2 is 1.82 bits per heavy atom. The van der Waals surface area contributed by atoms with Crippen molar-refractivity contribution in [2.45, 2.75) is 147 Å². The van der Waals surface area contributed by atoms with Gasteiger partial charge < -0.3 is 24.3 Å². The van der Waals surface area contributed by atoms with Crippen molar-refractivity contribution in [3.8, 4) is 22.5 Å². The second-order valence-electron chi connectivity index (χ2n) is 22.9. The minimum atomic E-state index is -4.57. The molecule has 15 nitrogen and oxygen atoms in total. The number of pyridine rings is 1. The molecule has 0 radical (unpaired) electrons. The first-order chi connectivity index (χ1) is 35.0. The molecule has 392 valence electrons. The molecule has 5 aliphatic heterocycles. The van der Waals surface area contributed by atoms with Crippen LogP contribution in [-0.2, 0) is 48.0 Å². The second-order valence-corrected chi connectivity index (χ2v) is 23.8. The number of thiazole rings is 1. The van der Waals surface area contributed by atoms with Crippen molar-refractivity contribution < 1.29 is 41.8 Å². The first-order valence-electron chi connectivity index (χ1n) is 26.4. The minimum absolute atomic E-state index is 0.0234. The fraction of sp³-hybridized carbons (Fsp3) is 0.630. The Morgan fingerprint density at radius 3 is 2.59 bits per heavy atom. The molecule has 8 heterocycles. The number of nitrogens with one attached hydrogen (secondary N) is 2. The van der Waals surface area contributed by atoms with E-state index in [2.05, 4.69) is 30.4 Å². The van der Waals surface area contributed by atoms with Crippen molar-refractivity contribution >= 4 is 45.9 Å². The van der Waals surface area contributed by atoms with Gasteiger partial charge in [-0.2, -0.15) is 13.2 Å². The number of nitrogens with zero attached hydrogens (tertiary/aromatic N) is 7. The molecule has 2 unspecified atom stereocenters. The average molecular weight is 1030 g/mol. The predicted molar refractivity (Wildman–Crippen MR) is 269 cm³/mol. The van der Waals surface area contributed by atoms with E-state index in [4.69, 9.17) is 14.5 Å². The highest BCUT2D eigenvalue weighted by atomic mass is 32.1.